The predicted molar refractivity (Wildman–Crippen MR) is 48.2 cm³/mol. The second-order valence-electron chi connectivity index (χ2n) is 3.50. The largest absolute Gasteiger partial charge is 0.370 e. The molecule has 1 fully saturated rings. The highest BCUT2D eigenvalue weighted by Crippen LogP contribution is 2.24. The Hall–Kier alpha value is -1.24. The molecule has 1 aliphatic heterocycles. The number of primary amides is 1. The Morgan fingerprint density at radius 2 is 2.20 bits per heavy atom. The van der Waals surface area contributed by atoms with Crippen LogP contribution < -0.4 is 16.4 Å². The van der Waals surface area contributed by atoms with E-state index in [0.717, 1.165) is 0 Å². The third kappa shape index (κ3) is 3.78. The van der Waals surface area contributed by atoms with Gasteiger partial charge in [-0.2, -0.15) is 0 Å². The van der Waals surface area contributed by atoms with Gasteiger partial charge in [0.25, 0.3) is 5.92 Å². The number of rotatable bonds is 4. The standard InChI is InChI=1S/C8H13F2N3O2/c9-8(10)3-5(13-4-8)7(15)12-2-1-6(11)14/h5,13H,1-4H2,(H2,11,14)(H,12,15). The first-order valence-electron chi connectivity index (χ1n) is 4.58. The summed E-state index contributed by atoms with van der Waals surface area (Å²) in [5.41, 5.74) is 4.85. The van der Waals surface area contributed by atoms with E-state index in [1.165, 1.54) is 0 Å². The summed E-state index contributed by atoms with van der Waals surface area (Å²) in [7, 11) is 0. The first kappa shape index (κ1) is 11.8. The Balaban J connectivity index is 2.27. The number of hydrogen-bond donors (Lipinski definition) is 3. The number of nitrogens with one attached hydrogen (secondary N) is 2. The smallest absolute Gasteiger partial charge is 0.262 e. The van der Waals surface area contributed by atoms with Gasteiger partial charge in [0, 0.05) is 19.4 Å². The van der Waals surface area contributed by atoms with Crippen LogP contribution in [-0.4, -0.2) is 36.9 Å². The molecule has 0 radical (unpaired) electrons. The van der Waals surface area contributed by atoms with Crippen molar-refractivity contribution in [3.05, 3.63) is 0 Å². The Bertz CT molecular complexity index is 271. The maximum absolute atomic E-state index is 12.7. The van der Waals surface area contributed by atoms with Gasteiger partial charge in [0.05, 0.1) is 12.6 Å². The van der Waals surface area contributed by atoms with E-state index >= 15 is 0 Å². The lowest BCUT2D eigenvalue weighted by atomic mass is 10.2. The van der Waals surface area contributed by atoms with Gasteiger partial charge in [0.1, 0.15) is 0 Å². The molecule has 0 spiro atoms. The molecule has 0 aromatic carbocycles. The van der Waals surface area contributed by atoms with Crippen molar-refractivity contribution in [2.75, 3.05) is 13.1 Å². The van der Waals surface area contributed by atoms with E-state index in [0.29, 0.717) is 0 Å². The summed E-state index contributed by atoms with van der Waals surface area (Å²) >= 11 is 0. The van der Waals surface area contributed by atoms with Crippen molar-refractivity contribution < 1.29 is 18.4 Å². The summed E-state index contributed by atoms with van der Waals surface area (Å²) in [6, 6.07) is -0.882. The molecule has 4 N–H and O–H groups in total. The van der Waals surface area contributed by atoms with Gasteiger partial charge in [-0.1, -0.05) is 0 Å². The van der Waals surface area contributed by atoms with Gasteiger partial charge in [-0.05, 0) is 0 Å². The molecule has 1 aliphatic rings. The zero-order valence-electron chi connectivity index (χ0n) is 8.06. The molecule has 7 heteroatoms. The topological polar surface area (TPSA) is 84.2 Å². The van der Waals surface area contributed by atoms with Crippen LogP contribution >= 0.6 is 0 Å². The molecular weight excluding hydrogens is 208 g/mol. The lowest BCUT2D eigenvalue weighted by Gasteiger charge is -2.10. The van der Waals surface area contributed by atoms with Crippen molar-refractivity contribution in [1.82, 2.24) is 10.6 Å². The third-order valence-electron chi connectivity index (χ3n) is 2.10. The summed E-state index contributed by atoms with van der Waals surface area (Å²) in [5, 5.41) is 4.76. The van der Waals surface area contributed by atoms with Crippen LogP contribution in [0.5, 0.6) is 0 Å². The lowest BCUT2D eigenvalue weighted by Crippen LogP contribution is -2.41. The molecule has 1 rings (SSSR count). The molecule has 15 heavy (non-hydrogen) atoms. The van der Waals surface area contributed by atoms with Crippen molar-refractivity contribution >= 4 is 11.8 Å². The fourth-order valence-electron chi connectivity index (χ4n) is 1.33. The van der Waals surface area contributed by atoms with Gasteiger partial charge in [0.15, 0.2) is 0 Å². The lowest BCUT2D eigenvalue weighted by molar-refractivity contribution is -0.123. The molecule has 0 aromatic heterocycles. The van der Waals surface area contributed by atoms with E-state index in [2.05, 4.69) is 10.6 Å². The number of halogens is 2. The quantitative estimate of drug-likeness (QED) is 0.568. The zero-order chi connectivity index (χ0) is 11.5. The van der Waals surface area contributed by atoms with Crippen molar-refractivity contribution in [3.8, 4) is 0 Å². The number of amides is 2. The van der Waals surface area contributed by atoms with Crippen LogP contribution in [0.1, 0.15) is 12.8 Å². The number of hydrogen-bond acceptors (Lipinski definition) is 3. The van der Waals surface area contributed by atoms with Crippen LogP contribution in [0.25, 0.3) is 0 Å². The Labute approximate surface area is 85.4 Å². The molecule has 1 atom stereocenters. The van der Waals surface area contributed by atoms with Crippen LogP contribution in [0.3, 0.4) is 0 Å². The zero-order valence-corrected chi connectivity index (χ0v) is 8.06. The second kappa shape index (κ2) is 4.52. The number of carbonyl (C=O) groups is 2. The molecule has 0 aromatic rings. The molecule has 5 nitrogen and oxygen atoms in total. The molecule has 0 bridgehead atoms. The Morgan fingerprint density at radius 3 is 2.67 bits per heavy atom. The summed E-state index contributed by atoms with van der Waals surface area (Å²) in [4.78, 5) is 21.6. The summed E-state index contributed by atoms with van der Waals surface area (Å²) in [5.74, 6) is -3.89. The molecule has 1 saturated heterocycles. The minimum Gasteiger partial charge on any atom is -0.370 e. The number of carbonyl (C=O) groups excluding carboxylic acids is 2. The Kier molecular flexibility index (Phi) is 3.57. The van der Waals surface area contributed by atoms with E-state index in [1.807, 2.05) is 0 Å². The van der Waals surface area contributed by atoms with Gasteiger partial charge in [-0.15, -0.1) is 0 Å². The monoisotopic (exact) mass is 221 g/mol. The van der Waals surface area contributed by atoms with E-state index in [4.69, 9.17) is 5.73 Å². The van der Waals surface area contributed by atoms with Gasteiger partial charge >= 0.3 is 0 Å². The van der Waals surface area contributed by atoms with E-state index in [9.17, 15) is 18.4 Å². The van der Waals surface area contributed by atoms with Crippen molar-refractivity contribution in [1.29, 1.82) is 0 Å². The van der Waals surface area contributed by atoms with E-state index in [-0.39, 0.29) is 13.0 Å². The van der Waals surface area contributed by atoms with Gasteiger partial charge in [-0.3, -0.25) is 14.9 Å². The molecule has 0 saturated carbocycles. The molecule has 86 valence electrons. The van der Waals surface area contributed by atoms with Crippen LogP contribution in [-0.2, 0) is 9.59 Å². The number of alkyl halides is 2. The SMILES string of the molecule is NC(=O)CCNC(=O)C1CC(F)(F)CN1. The fraction of sp³-hybridized carbons (Fsp3) is 0.750. The second-order valence-corrected chi connectivity index (χ2v) is 3.50. The average molecular weight is 221 g/mol. The van der Waals surface area contributed by atoms with Crippen LogP contribution in [0.4, 0.5) is 8.78 Å². The Morgan fingerprint density at radius 1 is 1.53 bits per heavy atom. The van der Waals surface area contributed by atoms with Crippen LogP contribution in [0, 0.1) is 0 Å². The molecule has 1 heterocycles. The summed E-state index contributed by atoms with van der Waals surface area (Å²) < 4.78 is 25.4. The summed E-state index contributed by atoms with van der Waals surface area (Å²) in [6.07, 6.45) is -0.496. The molecular formula is C8H13F2N3O2. The fourth-order valence-corrected chi connectivity index (χ4v) is 1.33. The van der Waals surface area contributed by atoms with Gasteiger partial charge in [-0.25, -0.2) is 8.78 Å². The highest BCUT2D eigenvalue weighted by atomic mass is 19.3. The van der Waals surface area contributed by atoms with Crippen molar-refractivity contribution in [2.24, 2.45) is 5.73 Å². The highest BCUT2D eigenvalue weighted by molar-refractivity contribution is 5.83. The molecule has 0 aliphatic carbocycles. The molecule has 2 amide bonds. The van der Waals surface area contributed by atoms with Crippen LogP contribution in [0.2, 0.25) is 0 Å². The maximum atomic E-state index is 12.7. The average Bonchev–Trinajstić information content (AvgIpc) is 2.45. The highest BCUT2D eigenvalue weighted by Gasteiger charge is 2.42. The minimum absolute atomic E-state index is 0.00878. The number of nitrogens with two attached hydrogens (primary N) is 1. The van der Waals surface area contributed by atoms with Crippen LogP contribution in [0.15, 0.2) is 0 Å². The normalized spacial score (nSPS) is 23.7. The molecule has 1 unspecified atom stereocenters. The first-order valence-corrected chi connectivity index (χ1v) is 4.58. The van der Waals surface area contributed by atoms with Crippen molar-refractivity contribution in [2.45, 2.75) is 24.8 Å². The predicted octanol–water partition coefficient (Wildman–Crippen LogP) is -1.02. The van der Waals surface area contributed by atoms with E-state index < -0.39 is 36.7 Å². The minimum atomic E-state index is -2.83. The third-order valence-corrected chi connectivity index (χ3v) is 2.10. The summed E-state index contributed by atoms with van der Waals surface area (Å²) in [6.45, 7) is -0.404. The maximum Gasteiger partial charge on any atom is 0.262 e. The van der Waals surface area contributed by atoms with Gasteiger partial charge in [0.2, 0.25) is 11.8 Å². The van der Waals surface area contributed by atoms with Crippen molar-refractivity contribution in [3.63, 3.8) is 0 Å². The van der Waals surface area contributed by atoms with E-state index in [1.54, 1.807) is 0 Å². The van der Waals surface area contributed by atoms with Gasteiger partial charge < -0.3 is 11.1 Å². The first-order chi connectivity index (χ1) is 6.91.